The molecule has 4 nitrogen and oxygen atoms in total. The van der Waals surface area contributed by atoms with Gasteiger partial charge in [-0.05, 0) is 37.0 Å². The molecule has 0 aromatic heterocycles. The quantitative estimate of drug-likeness (QED) is 0.767. The molecule has 1 aromatic carbocycles. The second-order valence-corrected chi connectivity index (χ2v) is 5.49. The average Bonchev–Trinajstić information content (AvgIpc) is 2.44. The molecule has 2 atom stereocenters. The van der Waals surface area contributed by atoms with Crippen molar-refractivity contribution in [2.75, 3.05) is 20.8 Å². The highest BCUT2D eigenvalue weighted by Crippen LogP contribution is 2.28. The van der Waals surface area contributed by atoms with Gasteiger partial charge in [0.05, 0.1) is 20.8 Å². The van der Waals surface area contributed by atoms with E-state index in [-0.39, 0.29) is 18.7 Å². The maximum atomic E-state index is 9.36. The van der Waals surface area contributed by atoms with Gasteiger partial charge in [-0.3, -0.25) is 0 Å². The van der Waals surface area contributed by atoms with Gasteiger partial charge in [0.15, 0.2) is 11.5 Å². The van der Waals surface area contributed by atoms with Gasteiger partial charge in [0, 0.05) is 12.1 Å². The van der Waals surface area contributed by atoms with E-state index in [4.69, 9.17) is 9.47 Å². The number of aliphatic hydroxyl groups is 1. The van der Waals surface area contributed by atoms with Gasteiger partial charge < -0.3 is 19.9 Å². The molecule has 0 saturated heterocycles. The molecular weight excluding hydrogens is 254 g/mol. The Bertz CT molecular complexity index is 407. The number of methoxy groups -OCH3 is 2. The predicted octanol–water partition coefficient (Wildman–Crippen LogP) is 2.24. The third-order valence-corrected chi connectivity index (χ3v) is 3.49. The molecule has 0 heterocycles. The highest BCUT2D eigenvalue weighted by Gasteiger charge is 2.15. The predicted molar refractivity (Wildman–Crippen MR) is 81.6 cm³/mol. The van der Waals surface area contributed by atoms with Crippen LogP contribution < -0.4 is 14.8 Å². The lowest BCUT2D eigenvalue weighted by Crippen LogP contribution is -2.43. The summed E-state index contributed by atoms with van der Waals surface area (Å²) in [6, 6.07) is 6.38. The zero-order valence-electron chi connectivity index (χ0n) is 13.1. The molecule has 0 radical (unpaired) electrons. The van der Waals surface area contributed by atoms with Crippen LogP contribution in [0, 0.1) is 5.92 Å². The molecular formula is C16H27NO3. The van der Waals surface area contributed by atoms with Gasteiger partial charge in [-0.25, -0.2) is 0 Å². The standard InChI is InChI=1S/C16H27NO3/c1-11(2)14(10-18)17-12(3)8-13-6-7-15(19-4)16(9-13)20-5/h6-7,9,11-12,14,17-18H,8,10H2,1-5H3/t12?,14-/m1/s1. The van der Waals surface area contributed by atoms with Crippen molar-refractivity contribution in [1.29, 1.82) is 0 Å². The highest BCUT2D eigenvalue weighted by atomic mass is 16.5. The van der Waals surface area contributed by atoms with E-state index in [0.29, 0.717) is 5.92 Å². The third kappa shape index (κ3) is 4.69. The van der Waals surface area contributed by atoms with Gasteiger partial charge in [0.25, 0.3) is 0 Å². The van der Waals surface area contributed by atoms with Crippen LogP contribution in [0.2, 0.25) is 0 Å². The maximum Gasteiger partial charge on any atom is 0.160 e. The second kappa shape index (κ2) is 8.12. The molecule has 1 aromatic rings. The van der Waals surface area contributed by atoms with Gasteiger partial charge >= 0.3 is 0 Å². The summed E-state index contributed by atoms with van der Waals surface area (Å²) >= 11 is 0. The minimum atomic E-state index is 0.130. The van der Waals surface area contributed by atoms with Crippen LogP contribution in [0.25, 0.3) is 0 Å². The van der Waals surface area contributed by atoms with Crippen LogP contribution >= 0.6 is 0 Å². The van der Waals surface area contributed by atoms with E-state index in [9.17, 15) is 5.11 Å². The first kappa shape index (κ1) is 16.8. The van der Waals surface area contributed by atoms with Crippen molar-refractivity contribution in [3.63, 3.8) is 0 Å². The zero-order chi connectivity index (χ0) is 15.1. The Morgan fingerprint density at radius 2 is 1.75 bits per heavy atom. The largest absolute Gasteiger partial charge is 0.493 e. The molecule has 4 heteroatoms. The summed E-state index contributed by atoms with van der Waals surface area (Å²) in [6.45, 7) is 6.50. The van der Waals surface area contributed by atoms with E-state index >= 15 is 0 Å². The molecule has 0 spiro atoms. The van der Waals surface area contributed by atoms with Crippen LogP contribution in [0.15, 0.2) is 18.2 Å². The van der Waals surface area contributed by atoms with Crippen molar-refractivity contribution >= 4 is 0 Å². The number of benzene rings is 1. The van der Waals surface area contributed by atoms with Crippen LogP contribution in [-0.4, -0.2) is 38.0 Å². The smallest absolute Gasteiger partial charge is 0.160 e. The fraction of sp³-hybridized carbons (Fsp3) is 0.625. The molecule has 0 bridgehead atoms. The number of nitrogens with one attached hydrogen (secondary N) is 1. The minimum Gasteiger partial charge on any atom is -0.493 e. The topological polar surface area (TPSA) is 50.7 Å². The molecule has 0 amide bonds. The summed E-state index contributed by atoms with van der Waals surface area (Å²) in [5.41, 5.74) is 1.18. The normalized spacial score (nSPS) is 14.2. The molecule has 2 N–H and O–H groups in total. The zero-order valence-corrected chi connectivity index (χ0v) is 13.1. The lowest BCUT2D eigenvalue weighted by Gasteiger charge is -2.25. The summed E-state index contributed by atoms with van der Waals surface area (Å²) < 4.78 is 10.5. The number of rotatable bonds is 8. The Labute approximate surface area is 122 Å². The van der Waals surface area contributed by atoms with E-state index in [1.54, 1.807) is 14.2 Å². The molecule has 0 aliphatic heterocycles. The Kier molecular flexibility index (Phi) is 6.82. The summed E-state index contributed by atoms with van der Waals surface area (Å²) in [6.07, 6.45) is 0.879. The van der Waals surface area contributed by atoms with Crippen molar-refractivity contribution in [2.45, 2.75) is 39.3 Å². The van der Waals surface area contributed by atoms with Crippen molar-refractivity contribution < 1.29 is 14.6 Å². The van der Waals surface area contributed by atoms with Crippen molar-refractivity contribution in [3.8, 4) is 11.5 Å². The molecule has 0 aliphatic rings. The Morgan fingerprint density at radius 3 is 2.25 bits per heavy atom. The number of aliphatic hydroxyl groups excluding tert-OH is 1. The fourth-order valence-electron chi connectivity index (χ4n) is 2.24. The summed E-state index contributed by atoms with van der Waals surface area (Å²) in [7, 11) is 3.28. The maximum absolute atomic E-state index is 9.36. The fourth-order valence-corrected chi connectivity index (χ4v) is 2.24. The van der Waals surface area contributed by atoms with E-state index in [2.05, 4.69) is 26.1 Å². The second-order valence-electron chi connectivity index (χ2n) is 5.49. The molecule has 20 heavy (non-hydrogen) atoms. The lowest BCUT2D eigenvalue weighted by atomic mass is 10.0. The van der Waals surface area contributed by atoms with E-state index in [0.717, 1.165) is 17.9 Å². The first-order chi connectivity index (χ1) is 9.51. The first-order valence-electron chi connectivity index (χ1n) is 7.09. The van der Waals surface area contributed by atoms with Crippen LogP contribution in [0.4, 0.5) is 0 Å². The number of hydrogen-bond donors (Lipinski definition) is 2. The summed E-state index contributed by atoms with van der Waals surface area (Å²) in [4.78, 5) is 0. The van der Waals surface area contributed by atoms with E-state index in [1.165, 1.54) is 5.56 Å². The van der Waals surface area contributed by atoms with Gasteiger partial charge in [-0.2, -0.15) is 0 Å². The van der Waals surface area contributed by atoms with Gasteiger partial charge in [-0.15, -0.1) is 0 Å². The van der Waals surface area contributed by atoms with Gasteiger partial charge in [0.1, 0.15) is 0 Å². The monoisotopic (exact) mass is 281 g/mol. The van der Waals surface area contributed by atoms with Gasteiger partial charge in [-0.1, -0.05) is 19.9 Å². The molecule has 1 rings (SSSR count). The Balaban J connectivity index is 2.68. The lowest BCUT2D eigenvalue weighted by molar-refractivity contribution is 0.201. The molecule has 1 unspecified atom stereocenters. The van der Waals surface area contributed by atoms with Crippen molar-refractivity contribution in [2.24, 2.45) is 5.92 Å². The number of ether oxygens (including phenoxy) is 2. The van der Waals surface area contributed by atoms with Crippen LogP contribution in [0.1, 0.15) is 26.3 Å². The van der Waals surface area contributed by atoms with E-state index in [1.807, 2.05) is 18.2 Å². The van der Waals surface area contributed by atoms with E-state index < -0.39 is 0 Å². The average molecular weight is 281 g/mol. The molecule has 0 aliphatic carbocycles. The van der Waals surface area contributed by atoms with Crippen molar-refractivity contribution in [1.82, 2.24) is 5.32 Å². The van der Waals surface area contributed by atoms with Crippen LogP contribution in [0.5, 0.6) is 11.5 Å². The third-order valence-electron chi connectivity index (χ3n) is 3.49. The molecule has 0 fully saturated rings. The first-order valence-corrected chi connectivity index (χ1v) is 7.09. The Hall–Kier alpha value is -1.26. The van der Waals surface area contributed by atoms with Crippen LogP contribution in [-0.2, 0) is 6.42 Å². The summed E-state index contributed by atoms with van der Waals surface area (Å²) in [5, 5.41) is 12.8. The van der Waals surface area contributed by atoms with Crippen LogP contribution in [0.3, 0.4) is 0 Å². The Morgan fingerprint density at radius 1 is 1.10 bits per heavy atom. The summed E-state index contributed by atoms with van der Waals surface area (Å²) in [5.74, 6) is 1.90. The number of hydrogen-bond acceptors (Lipinski definition) is 4. The van der Waals surface area contributed by atoms with Gasteiger partial charge in [0.2, 0.25) is 0 Å². The minimum absolute atomic E-state index is 0.130. The highest BCUT2D eigenvalue weighted by molar-refractivity contribution is 5.43. The molecule has 114 valence electrons. The molecule has 0 saturated carbocycles. The SMILES string of the molecule is COc1ccc(CC(C)N[C@H](CO)C(C)C)cc1OC. The van der Waals surface area contributed by atoms with Crippen molar-refractivity contribution in [3.05, 3.63) is 23.8 Å².